The Hall–Kier alpha value is -2.55. The molecule has 1 aliphatic rings. The van der Waals surface area contributed by atoms with E-state index in [-0.39, 0.29) is 29.9 Å². The third kappa shape index (κ3) is 7.99. The maximum absolute atomic E-state index is 11.9. The topological polar surface area (TPSA) is 108 Å². The van der Waals surface area contributed by atoms with E-state index in [1.165, 1.54) is 4.90 Å². The molecule has 28 heavy (non-hydrogen) atoms. The molecule has 0 saturated carbocycles. The number of hydrogen-bond donors (Lipinski definition) is 3. The highest BCUT2D eigenvalue weighted by Gasteiger charge is 2.19. The Morgan fingerprint density at radius 1 is 1.04 bits per heavy atom. The number of nitrogens with zero attached hydrogens (tertiary/aromatic N) is 1. The summed E-state index contributed by atoms with van der Waals surface area (Å²) in [5, 5.41) is 2.76. The van der Waals surface area contributed by atoms with Gasteiger partial charge in [-0.3, -0.25) is 30.0 Å². The largest absolute Gasteiger partial charge is 0.333 e. The van der Waals surface area contributed by atoms with Gasteiger partial charge in [0.15, 0.2) is 0 Å². The van der Waals surface area contributed by atoms with Crippen LogP contribution in [0.1, 0.15) is 31.2 Å². The van der Waals surface area contributed by atoms with Gasteiger partial charge in [-0.15, -0.1) is 11.8 Å². The summed E-state index contributed by atoms with van der Waals surface area (Å²) in [6.45, 7) is 2.43. The van der Waals surface area contributed by atoms with E-state index in [4.69, 9.17) is 0 Å². The summed E-state index contributed by atoms with van der Waals surface area (Å²) in [6, 6.07) is 7.45. The molecule has 4 amide bonds. The average molecular weight is 407 g/mol. The van der Waals surface area contributed by atoms with E-state index in [0.717, 1.165) is 36.6 Å². The van der Waals surface area contributed by atoms with Crippen LogP contribution < -0.4 is 16.2 Å². The van der Waals surface area contributed by atoms with Gasteiger partial charge in [0.2, 0.25) is 17.7 Å². The molecule has 9 heteroatoms. The van der Waals surface area contributed by atoms with Crippen molar-refractivity contribution in [1.29, 1.82) is 0 Å². The number of likely N-dealkylation sites (tertiary alicyclic amines) is 1. The van der Waals surface area contributed by atoms with Crippen LogP contribution in [0.2, 0.25) is 0 Å². The number of benzene rings is 1. The average Bonchev–Trinajstić information content (AvgIpc) is 2.84. The van der Waals surface area contributed by atoms with Crippen molar-refractivity contribution in [2.24, 2.45) is 0 Å². The molecule has 0 bridgehead atoms. The summed E-state index contributed by atoms with van der Waals surface area (Å²) in [4.78, 5) is 48.9. The Kier molecular flexibility index (Phi) is 8.80. The van der Waals surface area contributed by atoms with Crippen molar-refractivity contribution >= 4 is 41.1 Å². The first-order valence-electron chi connectivity index (χ1n) is 9.24. The zero-order valence-corrected chi connectivity index (χ0v) is 16.8. The number of rotatable bonds is 7. The lowest BCUT2D eigenvalue weighted by Crippen LogP contribution is -2.48. The lowest BCUT2D eigenvalue weighted by molar-refractivity contribution is -0.136. The highest BCUT2D eigenvalue weighted by atomic mass is 32.2. The van der Waals surface area contributed by atoms with E-state index in [0.29, 0.717) is 18.7 Å². The SMILES string of the molecule is Cc1cccc(NC(=O)CSCC(=O)NNC(=O)CN2CCCCCC2=O)c1. The van der Waals surface area contributed by atoms with Crippen LogP contribution >= 0.6 is 11.8 Å². The third-order valence-electron chi connectivity index (χ3n) is 4.12. The summed E-state index contributed by atoms with van der Waals surface area (Å²) in [6.07, 6.45) is 3.17. The number of nitrogens with one attached hydrogen (secondary N) is 3. The maximum Gasteiger partial charge on any atom is 0.257 e. The van der Waals surface area contributed by atoms with Crippen LogP contribution in [0.3, 0.4) is 0 Å². The van der Waals surface area contributed by atoms with E-state index in [1.807, 2.05) is 25.1 Å². The molecule has 0 spiro atoms. The van der Waals surface area contributed by atoms with Crippen LogP contribution in [0.25, 0.3) is 0 Å². The Morgan fingerprint density at radius 3 is 2.57 bits per heavy atom. The van der Waals surface area contributed by atoms with Crippen molar-refractivity contribution in [3.63, 3.8) is 0 Å². The van der Waals surface area contributed by atoms with Crippen LogP contribution in [0.15, 0.2) is 24.3 Å². The van der Waals surface area contributed by atoms with Crippen LogP contribution in [0.4, 0.5) is 5.69 Å². The van der Waals surface area contributed by atoms with Gasteiger partial charge in [-0.2, -0.15) is 0 Å². The molecule has 152 valence electrons. The molecule has 0 unspecified atom stereocenters. The first kappa shape index (κ1) is 21.7. The predicted octanol–water partition coefficient (Wildman–Crippen LogP) is 1.22. The maximum atomic E-state index is 11.9. The van der Waals surface area contributed by atoms with Crippen LogP contribution in [0.5, 0.6) is 0 Å². The molecule has 0 radical (unpaired) electrons. The molecule has 1 aromatic carbocycles. The molecule has 1 aliphatic heterocycles. The normalized spacial score (nSPS) is 14.2. The van der Waals surface area contributed by atoms with E-state index >= 15 is 0 Å². The fourth-order valence-corrected chi connectivity index (χ4v) is 3.37. The lowest BCUT2D eigenvalue weighted by atomic mass is 10.2. The smallest absolute Gasteiger partial charge is 0.257 e. The van der Waals surface area contributed by atoms with Crippen molar-refractivity contribution in [1.82, 2.24) is 15.8 Å². The second-order valence-corrected chi connectivity index (χ2v) is 7.62. The van der Waals surface area contributed by atoms with E-state index < -0.39 is 11.8 Å². The molecule has 2 rings (SSSR count). The van der Waals surface area contributed by atoms with Crippen molar-refractivity contribution in [3.05, 3.63) is 29.8 Å². The zero-order chi connectivity index (χ0) is 20.4. The molecule has 1 heterocycles. The van der Waals surface area contributed by atoms with Crippen LogP contribution in [0, 0.1) is 6.92 Å². The van der Waals surface area contributed by atoms with Crippen molar-refractivity contribution < 1.29 is 19.2 Å². The molecule has 8 nitrogen and oxygen atoms in total. The third-order valence-corrected chi connectivity index (χ3v) is 5.05. The molecular formula is C19H26N4O4S. The van der Waals surface area contributed by atoms with Gasteiger partial charge >= 0.3 is 0 Å². The number of hydrogen-bond acceptors (Lipinski definition) is 5. The minimum absolute atomic E-state index is 0.0319. The molecule has 1 aromatic rings. The zero-order valence-electron chi connectivity index (χ0n) is 16.0. The molecule has 1 fully saturated rings. The first-order valence-corrected chi connectivity index (χ1v) is 10.4. The highest BCUT2D eigenvalue weighted by molar-refractivity contribution is 8.00. The Labute approximate surface area is 168 Å². The number of carbonyl (C=O) groups excluding carboxylic acids is 4. The van der Waals surface area contributed by atoms with Gasteiger partial charge < -0.3 is 10.2 Å². The fourth-order valence-electron chi connectivity index (χ4n) is 2.75. The summed E-state index contributed by atoms with van der Waals surface area (Å²) in [5.74, 6) is -0.933. The first-order chi connectivity index (χ1) is 13.4. The van der Waals surface area contributed by atoms with Gasteiger partial charge in [-0.25, -0.2) is 0 Å². The monoisotopic (exact) mass is 406 g/mol. The lowest BCUT2D eigenvalue weighted by Gasteiger charge is -2.19. The fraction of sp³-hybridized carbons (Fsp3) is 0.474. The minimum Gasteiger partial charge on any atom is -0.333 e. The van der Waals surface area contributed by atoms with E-state index in [1.54, 1.807) is 6.07 Å². The van der Waals surface area contributed by atoms with Gasteiger partial charge in [0.05, 0.1) is 11.5 Å². The molecule has 0 aromatic heterocycles. The van der Waals surface area contributed by atoms with Gasteiger partial charge in [0.1, 0.15) is 6.54 Å². The standard InChI is InChI=1S/C19H26N4O4S/c1-14-6-5-7-15(10-14)20-17(25)12-28-13-18(26)22-21-16(24)11-23-9-4-2-3-8-19(23)27/h5-7,10H,2-4,8-9,11-13H2,1H3,(H,20,25)(H,21,24)(H,22,26). The summed E-state index contributed by atoms with van der Waals surface area (Å²) >= 11 is 1.14. The van der Waals surface area contributed by atoms with E-state index in [9.17, 15) is 19.2 Å². The Morgan fingerprint density at radius 2 is 1.79 bits per heavy atom. The minimum atomic E-state index is -0.439. The summed E-state index contributed by atoms with van der Waals surface area (Å²) < 4.78 is 0. The van der Waals surface area contributed by atoms with Gasteiger partial charge in [0.25, 0.3) is 5.91 Å². The van der Waals surface area contributed by atoms with Crippen LogP contribution in [-0.2, 0) is 19.2 Å². The number of hydrazine groups is 1. The van der Waals surface area contributed by atoms with Crippen LogP contribution in [-0.4, -0.2) is 53.1 Å². The number of amides is 4. The molecule has 1 saturated heterocycles. The number of anilines is 1. The molecule has 0 aliphatic carbocycles. The number of carbonyl (C=O) groups is 4. The summed E-state index contributed by atoms with van der Waals surface area (Å²) in [5.41, 5.74) is 6.37. The van der Waals surface area contributed by atoms with Gasteiger partial charge in [0, 0.05) is 18.7 Å². The van der Waals surface area contributed by atoms with Crippen molar-refractivity contribution in [2.75, 3.05) is 29.9 Å². The number of thioether (sulfide) groups is 1. The molecule has 0 atom stereocenters. The molecule has 3 N–H and O–H groups in total. The highest BCUT2D eigenvalue weighted by Crippen LogP contribution is 2.11. The Bertz CT molecular complexity index is 726. The summed E-state index contributed by atoms with van der Waals surface area (Å²) in [7, 11) is 0. The Balaban J connectivity index is 1.60. The van der Waals surface area contributed by atoms with Crippen molar-refractivity contribution in [2.45, 2.75) is 32.6 Å². The molecular weight excluding hydrogens is 380 g/mol. The quantitative estimate of drug-likeness (QED) is 0.590. The van der Waals surface area contributed by atoms with Gasteiger partial charge in [-0.05, 0) is 37.5 Å². The van der Waals surface area contributed by atoms with E-state index in [2.05, 4.69) is 16.2 Å². The van der Waals surface area contributed by atoms with Crippen molar-refractivity contribution in [3.8, 4) is 0 Å². The number of aryl methyl sites for hydroxylation is 1. The second kappa shape index (κ2) is 11.3. The second-order valence-electron chi connectivity index (χ2n) is 6.63. The predicted molar refractivity (Wildman–Crippen MR) is 108 cm³/mol. The van der Waals surface area contributed by atoms with Gasteiger partial charge in [-0.1, -0.05) is 18.6 Å².